The Balaban J connectivity index is 1.90. The van der Waals surface area contributed by atoms with E-state index in [1.165, 1.54) is 10.1 Å². The topological polar surface area (TPSA) is 38.0 Å². The second-order valence-corrected chi connectivity index (χ2v) is 6.15. The number of hydrogen-bond donors (Lipinski definition) is 2. The molecule has 0 atom stereocenters. The van der Waals surface area contributed by atoms with E-state index in [0.29, 0.717) is 15.6 Å². The Morgan fingerprint density at radius 1 is 1.10 bits per heavy atom. The summed E-state index contributed by atoms with van der Waals surface area (Å²) in [6.45, 7) is 0. The summed E-state index contributed by atoms with van der Waals surface area (Å²) >= 11 is 12.8. The number of fused-ring (bicyclic) bond motifs is 1. The Morgan fingerprint density at radius 3 is 2.60 bits per heavy atom. The quantitative estimate of drug-likeness (QED) is 0.672. The van der Waals surface area contributed by atoms with E-state index in [0.717, 1.165) is 11.4 Å². The third kappa shape index (κ3) is 2.63. The van der Waals surface area contributed by atoms with Crippen molar-refractivity contribution in [2.45, 2.75) is 0 Å². The molecule has 0 saturated heterocycles. The molecule has 0 spiro atoms. The normalized spacial score (nSPS) is 10.7. The van der Waals surface area contributed by atoms with Gasteiger partial charge in [0.25, 0.3) is 0 Å². The minimum absolute atomic E-state index is 0.307. The Labute approximate surface area is 131 Å². The lowest BCUT2D eigenvalue weighted by atomic mass is 10.2. The predicted octanol–water partition coefficient (Wildman–Crippen LogP) is 4.93. The van der Waals surface area contributed by atoms with E-state index in [9.17, 15) is 0 Å². The van der Waals surface area contributed by atoms with E-state index in [2.05, 4.69) is 28.9 Å². The molecule has 3 rings (SSSR count). The second kappa shape index (κ2) is 5.40. The number of thiocarbonyl (C=S) groups is 1. The van der Waals surface area contributed by atoms with Gasteiger partial charge in [0.2, 0.25) is 0 Å². The number of nitrogens with one attached hydrogen (secondary N) is 1. The first kappa shape index (κ1) is 13.4. The zero-order chi connectivity index (χ0) is 14.1. The van der Waals surface area contributed by atoms with Gasteiger partial charge in [-0.3, -0.25) is 0 Å². The van der Waals surface area contributed by atoms with Gasteiger partial charge in [0, 0.05) is 21.6 Å². The molecular weight excluding hydrogens is 308 g/mol. The highest BCUT2D eigenvalue weighted by Gasteiger charge is 2.05. The van der Waals surface area contributed by atoms with Crippen LogP contribution < -0.4 is 11.1 Å². The second-order valence-electron chi connectivity index (χ2n) is 4.36. The molecule has 0 aliphatic rings. The van der Waals surface area contributed by atoms with Crippen molar-refractivity contribution in [3.8, 4) is 0 Å². The van der Waals surface area contributed by atoms with E-state index < -0.39 is 0 Å². The number of hydrogen-bond acceptors (Lipinski definition) is 3. The van der Waals surface area contributed by atoms with Crippen LogP contribution in [0.4, 0.5) is 11.4 Å². The van der Waals surface area contributed by atoms with Gasteiger partial charge >= 0.3 is 0 Å². The molecule has 0 saturated carbocycles. The van der Waals surface area contributed by atoms with Crippen molar-refractivity contribution in [3.63, 3.8) is 0 Å². The van der Waals surface area contributed by atoms with Crippen LogP contribution >= 0.6 is 35.2 Å². The molecular formula is C15H11ClN2S2. The summed E-state index contributed by atoms with van der Waals surface area (Å²) in [5.41, 5.74) is 8.22. The predicted molar refractivity (Wildman–Crippen MR) is 92.4 cm³/mol. The molecule has 0 radical (unpaired) electrons. The summed E-state index contributed by atoms with van der Waals surface area (Å²) in [5.74, 6) is 0. The minimum Gasteiger partial charge on any atom is -0.389 e. The fraction of sp³-hybridized carbons (Fsp3) is 0. The molecule has 100 valence electrons. The van der Waals surface area contributed by atoms with Gasteiger partial charge in [0.15, 0.2) is 0 Å². The maximum absolute atomic E-state index is 6.16. The summed E-state index contributed by atoms with van der Waals surface area (Å²) in [4.78, 5) is 0.307. The molecule has 2 aromatic carbocycles. The van der Waals surface area contributed by atoms with Crippen molar-refractivity contribution in [2.75, 3.05) is 5.32 Å². The highest BCUT2D eigenvalue weighted by atomic mass is 35.5. The fourth-order valence-corrected chi connectivity index (χ4v) is 3.29. The lowest BCUT2D eigenvalue weighted by Crippen LogP contribution is -2.09. The van der Waals surface area contributed by atoms with Crippen molar-refractivity contribution in [1.29, 1.82) is 0 Å². The van der Waals surface area contributed by atoms with Crippen molar-refractivity contribution < 1.29 is 0 Å². The number of anilines is 2. The van der Waals surface area contributed by atoms with E-state index in [-0.39, 0.29) is 0 Å². The molecule has 0 unspecified atom stereocenters. The van der Waals surface area contributed by atoms with Crippen LogP contribution in [-0.4, -0.2) is 4.99 Å². The van der Waals surface area contributed by atoms with Gasteiger partial charge < -0.3 is 11.1 Å². The molecule has 0 fully saturated rings. The summed E-state index contributed by atoms with van der Waals surface area (Å²) in [6.07, 6.45) is 0. The number of halogens is 1. The van der Waals surface area contributed by atoms with Gasteiger partial charge in [0.05, 0.1) is 5.02 Å². The zero-order valence-corrected chi connectivity index (χ0v) is 12.8. The molecule has 1 aromatic heterocycles. The van der Waals surface area contributed by atoms with E-state index in [1.807, 2.05) is 24.3 Å². The van der Waals surface area contributed by atoms with Crippen LogP contribution in [0.2, 0.25) is 5.02 Å². The first-order valence-electron chi connectivity index (χ1n) is 5.97. The Kier molecular flexibility index (Phi) is 3.61. The lowest BCUT2D eigenvalue weighted by molar-refractivity contribution is 1.55. The van der Waals surface area contributed by atoms with Crippen LogP contribution in [0.15, 0.2) is 47.8 Å². The molecule has 3 N–H and O–H groups in total. The Hall–Kier alpha value is -1.62. The summed E-state index contributed by atoms with van der Waals surface area (Å²) < 4.78 is 1.28. The lowest BCUT2D eigenvalue weighted by Gasteiger charge is -2.09. The van der Waals surface area contributed by atoms with Gasteiger partial charge in [0.1, 0.15) is 4.99 Å². The van der Waals surface area contributed by atoms with Gasteiger partial charge in [-0.15, -0.1) is 11.3 Å². The van der Waals surface area contributed by atoms with Crippen LogP contribution in [0.3, 0.4) is 0 Å². The van der Waals surface area contributed by atoms with E-state index >= 15 is 0 Å². The maximum Gasteiger partial charge on any atom is 0.105 e. The molecule has 1 heterocycles. The van der Waals surface area contributed by atoms with E-state index in [4.69, 9.17) is 29.6 Å². The molecule has 0 aliphatic heterocycles. The average molecular weight is 319 g/mol. The van der Waals surface area contributed by atoms with Crippen LogP contribution in [-0.2, 0) is 0 Å². The molecule has 0 bridgehead atoms. The summed E-state index contributed by atoms with van der Waals surface area (Å²) in [7, 11) is 0. The number of benzene rings is 2. The van der Waals surface area contributed by atoms with Gasteiger partial charge in [-0.2, -0.15) is 0 Å². The SMILES string of the molecule is NC(=S)c1ccc(Nc2ccc3sccc3c2)cc1Cl. The molecule has 0 aliphatic carbocycles. The summed E-state index contributed by atoms with van der Waals surface area (Å²) in [6, 6.07) is 13.9. The molecule has 3 aromatic rings. The van der Waals surface area contributed by atoms with Crippen LogP contribution in [0.1, 0.15) is 5.56 Å². The maximum atomic E-state index is 6.16. The van der Waals surface area contributed by atoms with Gasteiger partial charge in [-0.1, -0.05) is 23.8 Å². The van der Waals surface area contributed by atoms with Crippen molar-refractivity contribution in [3.05, 3.63) is 58.4 Å². The smallest absolute Gasteiger partial charge is 0.105 e. The first-order chi connectivity index (χ1) is 9.63. The zero-order valence-electron chi connectivity index (χ0n) is 10.4. The number of thiophene rings is 1. The van der Waals surface area contributed by atoms with Crippen LogP contribution in [0, 0.1) is 0 Å². The molecule has 2 nitrogen and oxygen atoms in total. The molecule has 20 heavy (non-hydrogen) atoms. The largest absolute Gasteiger partial charge is 0.389 e. The van der Waals surface area contributed by atoms with Gasteiger partial charge in [-0.25, -0.2) is 0 Å². The average Bonchev–Trinajstić information content (AvgIpc) is 2.85. The first-order valence-corrected chi connectivity index (χ1v) is 7.64. The molecule has 5 heteroatoms. The van der Waals surface area contributed by atoms with Crippen molar-refractivity contribution >= 4 is 61.6 Å². The number of rotatable bonds is 3. The molecule has 0 amide bonds. The third-order valence-electron chi connectivity index (χ3n) is 2.98. The van der Waals surface area contributed by atoms with Crippen LogP contribution in [0.5, 0.6) is 0 Å². The van der Waals surface area contributed by atoms with Crippen molar-refractivity contribution in [2.24, 2.45) is 5.73 Å². The van der Waals surface area contributed by atoms with Crippen LogP contribution in [0.25, 0.3) is 10.1 Å². The number of nitrogens with two attached hydrogens (primary N) is 1. The van der Waals surface area contributed by atoms with Crippen molar-refractivity contribution in [1.82, 2.24) is 0 Å². The standard InChI is InChI=1S/C15H11ClN2S2/c16-13-8-11(1-3-12(13)15(17)19)18-10-2-4-14-9(7-10)5-6-20-14/h1-8,18H,(H2,17,19). The monoisotopic (exact) mass is 318 g/mol. The summed E-state index contributed by atoms with van der Waals surface area (Å²) in [5, 5.41) is 7.20. The highest BCUT2D eigenvalue weighted by molar-refractivity contribution is 7.80. The van der Waals surface area contributed by atoms with Gasteiger partial charge in [-0.05, 0) is 53.2 Å². The Bertz CT molecular complexity index is 795. The third-order valence-corrected chi connectivity index (χ3v) is 4.41. The van der Waals surface area contributed by atoms with E-state index in [1.54, 1.807) is 11.3 Å². The highest BCUT2D eigenvalue weighted by Crippen LogP contribution is 2.27. The Morgan fingerprint density at radius 2 is 1.85 bits per heavy atom. The fourth-order valence-electron chi connectivity index (χ4n) is 2.00. The minimum atomic E-state index is 0.307.